The number of hydrogen-bond acceptors (Lipinski definition) is 5. The van der Waals surface area contributed by atoms with Crippen LogP contribution >= 0.6 is 0 Å². The van der Waals surface area contributed by atoms with Crippen LogP contribution in [0, 0.1) is 0 Å². The summed E-state index contributed by atoms with van der Waals surface area (Å²) in [5.41, 5.74) is 5.48. The van der Waals surface area contributed by atoms with E-state index in [1.807, 2.05) is 0 Å². The van der Waals surface area contributed by atoms with Crippen molar-refractivity contribution in [3.63, 3.8) is 0 Å². The fourth-order valence-corrected chi connectivity index (χ4v) is 2.73. The Balaban J connectivity index is 1.97. The molecule has 1 aromatic rings. The van der Waals surface area contributed by atoms with Gasteiger partial charge in [-0.1, -0.05) is 11.6 Å². The van der Waals surface area contributed by atoms with Gasteiger partial charge in [-0.05, 0) is 33.2 Å². The first kappa shape index (κ1) is 13.5. The van der Waals surface area contributed by atoms with Crippen LogP contribution in [0.1, 0.15) is 44.8 Å². The van der Waals surface area contributed by atoms with E-state index in [-0.39, 0.29) is 0 Å². The van der Waals surface area contributed by atoms with Gasteiger partial charge in [0, 0.05) is 31.5 Å². The second-order valence-electron chi connectivity index (χ2n) is 5.33. The standard InChI is InChI=1S/C13H24N4O/c1-10(2)17-8-4-3-5-11(17)9-12-15-13(6-7-14)18-16-12/h10-11H,3-9,14H2,1-2H3. The van der Waals surface area contributed by atoms with Crippen LogP contribution < -0.4 is 5.73 Å². The summed E-state index contributed by atoms with van der Waals surface area (Å²) < 4.78 is 5.18. The quantitative estimate of drug-likeness (QED) is 0.857. The van der Waals surface area contributed by atoms with E-state index >= 15 is 0 Å². The first-order valence-corrected chi connectivity index (χ1v) is 6.98. The van der Waals surface area contributed by atoms with Crippen molar-refractivity contribution in [2.45, 2.75) is 58.0 Å². The predicted octanol–water partition coefficient (Wildman–Crippen LogP) is 1.38. The highest BCUT2D eigenvalue weighted by atomic mass is 16.5. The summed E-state index contributed by atoms with van der Waals surface area (Å²) in [5, 5.41) is 4.05. The molecule has 0 radical (unpaired) electrons. The minimum atomic E-state index is 0.557. The number of aromatic nitrogens is 2. The molecule has 0 amide bonds. The van der Waals surface area contributed by atoms with Crippen LogP contribution in [0.4, 0.5) is 0 Å². The Hall–Kier alpha value is -0.940. The summed E-state index contributed by atoms with van der Waals surface area (Å²) in [6.45, 7) is 6.27. The fourth-order valence-electron chi connectivity index (χ4n) is 2.73. The van der Waals surface area contributed by atoms with Crippen molar-refractivity contribution in [1.82, 2.24) is 15.0 Å². The Morgan fingerprint density at radius 3 is 3.00 bits per heavy atom. The lowest BCUT2D eigenvalue weighted by Gasteiger charge is -2.38. The molecule has 1 atom stereocenters. The van der Waals surface area contributed by atoms with Gasteiger partial charge in [-0.15, -0.1) is 0 Å². The molecule has 1 fully saturated rings. The van der Waals surface area contributed by atoms with Crippen LogP contribution in [-0.2, 0) is 12.8 Å². The van der Waals surface area contributed by atoms with Gasteiger partial charge < -0.3 is 10.3 Å². The molecule has 0 bridgehead atoms. The van der Waals surface area contributed by atoms with Crippen LogP contribution in [0.2, 0.25) is 0 Å². The van der Waals surface area contributed by atoms with E-state index in [1.54, 1.807) is 0 Å². The molecule has 2 heterocycles. The highest BCUT2D eigenvalue weighted by Crippen LogP contribution is 2.21. The minimum Gasteiger partial charge on any atom is -0.339 e. The van der Waals surface area contributed by atoms with E-state index in [0.29, 0.717) is 30.9 Å². The average Bonchev–Trinajstić information content (AvgIpc) is 2.77. The third-order valence-electron chi connectivity index (χ3n) is 3.62. The topological polar surface area (TPSA) is 68.2 Å². The lowest BCUT2D eigenvalue weighted by atomic mass is 9.97. The van der Waals surface area contributed by atoms with Crippen molar-refractivity contribution in [3.05, 3.63) is 11.7 Å². The van der Waals surface area contributed by atoms with E-state index in [9.17, 15) is 0 Å². The smallest absolute Gasteiger partial charge is 0.227 e. The van der Waals surface area contributed by atoms with Crippen LogP contribution in [0.3, 0.4) is 0 Å². The van der Waals surface area contributed by atoms with Gasteiger partial charge in [0.1, 0.15) is 0 Å². The van der Waals surface area contributed by atoms with Gasteiger partial charge in [-0.25, -0.2) is 0 Å². The molecular formula is C13H24N4O. The number of nitrogens with zero attached hydrogens (tertiary/aromatic N) is 3. The van der Waals surface area contributed by atoms with Crippen molar-refractivity contribution in [3.8, 4) is 0 Å². The van der Waals surface area contributed by atoms with Crippen LogP contribution in [0.5, 0.6) is 0 Å². The minimum absolute atomic E-state index is 0.557. The molecule has 1 saturated heterocycles. The molecule has 1 aliphatic heterocycles. The Morgan fingerprint density at radius 1 is 1.44 bits per heavy atom. The summed E-state index contributed by atoms with van der Waals surface area (Å²) in [4.78, 5) is 6.96. The maximum absolute atomic E-state index is 5.48. The van der Waals surface area contributed by atoms with Gasteiger partial charge in [0.15, 0.2) is 5.82 Å². The molecule has 0 spiro atoms. The Kier molecular flexibility index (Phi) is 4.72. The van der Waals surface area contributed by atoms with Gasteiger partial charge in [-0.3, -0.25) is 4.90 Å². The van der Waals surface area contributed by atoms with Gasteiger partial charge >= 0.3 is 0 Å². The maximum Gasteiger partial charge on any atom is 0.227 e. The molecular weight excluding hydrogens is 228 g/mol. The molecule has 5 heteroatoms. The van der Waals surface area contributed by atoms with Crippen LogP contribution in [-0.4, -0.2) is 40.2 Å². The first-order valence-electron chi connectivity index (χ1n) is 6.98. The van der Waals surface area contributed by atoms with E-state index < -0.39 is 0 Å². The monoisotopic (exact) mass is 252 g/mol. The Bertz CT molecular complexity index is 364. The number of hydrogen-bond donors (Lipinski definition) is 1. The molecule has 0 aliphatic carbocycles. The van der Waals surface area contributed by atoms with Crippen molar-refractivity contribution in [2.75, 3.05) is 13.1 Å². The third-order valence-corrected chi connectivity index (χ3v) is 3.62. The molecule has 5 nitrogen and oxygen atoms in total. The van der Waals surface area contributed by atoms with Crippen molar-refractivity contribution in [1.29, 1.82) is 0 Å². The zero-order valence-electron chi connectivity index (χ0n) is 11.4. The highest BCUT2D eigenvalue weighted by Gasteiger charge is 2.26. The largest absolute Gasteiger partial charge is 0.339 e. The fraction of sp³-hybridized carbons (Fsp3) is 0.846. The molecule has 2 N–H and O–H groups in total. The normalized spacial score (nSPS) is 21.7. The lowest BCUT2D eigenvalue weighted by molar-refractivity contribution is 0.110. The average molecular weight is 252 g/mol. The number of likely N-dealkylation sites (tertiary alicyclic amines) is 1. The summed E-state index contributed by atoms with van der Waals surface area (Å²) in [7, 11) is 0. The second kappa shape index (κ2) is 6.29. The molecule has 1 aromatic heterocycles. The van der Waals surface area contributed by atoms with E-state index in [4.69, 9.17) is 10.3 Å². The van der Waals surface area contributed by atoms with E-state index in [0.717, 1.165) is 12.2 Å². The first-order chi connectivity index (χ1) is 8.70. The predicted molar refractivity (Wildman–Crippen MR) is 70.2 cm³/mol. The van der Waals surface area contributed by atoms with Crippen LogP contribution in [0.15, 0.2) is 4.52 Å². The number of nitrogens with two attached hydrogens (primary N) is 1. The number of piperidine rings is 1. The molecule has 102 valence electrons. The maximum atomic E-state index is 5.48. The number of rotatable bonds is 5. The van der Waals surface area contributed by atoms with Crippen molar-refractivity contribution >= 4 is 0 Å². The molecule has 1 unspecified atom stereocenters. The Morgan fingerprint density at radius 2 is 2.28 bits per heavy atom. The summed E-state index contributed by atoms with van der Waals surface area (Å²) in [6.07, 6.45) is 5.41. The Labute approximate surface area is 109 Å². The van der Waals surface area contributed by atoms with Crippen molar-refractivity contribution < 1.29 is 4.52 Å². The summed E-state index contributed by atoms with van der Waals surface area (Å²) >= 11 is 0. The van der Waals surface area contributed by atoms with E-state index in [2.05, 4.69) is 28.9 Å². The molecule has 0 aromatic carbocycles. The zero-order chi connectivity index (χ0) is 13.0. The van der Waals surface area contributed by atoms with Gasteiger partial charge in [-0.2, -0.15) is 4.98 Å². The molecule has 1 aliphatic rings. The van der Waals surface area contributed by atoms with E-state index in [1.165, 1.54) is 25.8 Å². The lowest BCUT2D eigenvalue weighted by Crippen LogP contribution is -2.45. The van der Waals surface area contributed by atoms with Gasteiger partial charge in [0.05, 0.1) is 0 Å². The second-order valence-corrected chi connectivity index (χ2v) is 5.33. The summed E-state index contributed by atoms with van der Waals surface area (Å²) in [6, 6.07) is 1.15. The highest BCUT2D eigenvalue weighted by molar-refractivity contribution is 4.93. The molecule has 0 saturated carbocycles. The summed E-state index contributed by atoms with van der Waals surface area (Å²) in [5.74, 6) is 1.50. The van der Waals surface area contributed by atoms with Gasteiger partial charge in [0.2, 0.25) is 5.89 Å². The third kappa shape index (κ3) is 3.29. The zero-order valence-corrected chi connectivity index (χ0v) is 11.4. The van der Waals surface area contributed by atoms with Crippen LogP contribution in [0.25, 0.3) is 0 Å². The molecule has 18 heavy (non-hydrogen) atoms. The SMILES string of the molecule is CC(C)N1CCCCC1Cc1noc(CCN)n1. The van der Waals surface area contributed by atoms with Gasteiger partial charge in [0.25, 0.3) is 0 Å². The molecule has 2 rings (SSSR count). The van der Waals surface area contributed by atoms with Crippen molar-refractivity contribution in [2.24, 2.45) is 5.73 Å².